The van der Waals surface area contributed by atoms with E-state index in [0.29, 0.717) is 6.42 Å². The minimum Gasteiger partial charge on any atom is -0.290 e. The number of nitrogens with zero attached hydrogens (tertiary/aromatic N) is 1. The fraction of sp³-hybridized carbons (Fsp3) is 0.211. The average Bonchev–Trinajstić information content (AvgIpc) is 2.84. The van der Waals surface area contributed by atoms with Crippen LogP contribution in [0.5, 0.6) is 0 Å². The third kappa shape index (κ3) is 2.50. The Morgan fingerprint density at radius 3 is 2.32 bits per heavy atom. The normalized spacial score (nSPS) is 10.9. The maximum Gasteiger partial charge on any atom is 0.275 e. The van der Waals surface area contributed by atoms with Gasteiger partial charge in [0, 0.05) is 11.1 Å². The van der Waals surface area contributed by atoms with Gasteiger partial charge >= 0.3 is 0 Å². The molecule has 3 heteroatoms. The first-order valence-corrected chi connectivity index (χ1v) is 7.58. The Morgan fingerprint density at radius 2 is 1.68 bits per heavy atom. The van der Waals surface area contributed by atoms with E-state index in [4.69, 9.17) is 0 Å². The quantitative estimate of drug-likeness (QED) is 0.778. The summed E-state index contributed by atoms with van der Waals surface area (Å²) in [4.78, 5) is 12.7. The molecule has 0 saturated carbocycles. The zero-order chi connectivity index (χ0) is 15.7. The lowest BCUT2D eigenvalue weighted by Gasteiger charge is -2.04. The summed E-state index contributed by atoms with van der Waals surface area (Å²) in [7, 11) is 0. The highest BCUT2D eigenvalue weighted by Gasteiger charge is 2.15. The first kappa shape index (κ1) is 14.4. The number of hydrogen-bond acceptors (Lipinski definition) is 1. The molecule has 112 valence electrons. The van der Waals surface area contributed by atoms with Crippen molar-refractivity contribution in [3.8, 4) is 16.9 Å². The molecule has 0 atom stereocenters. The summed E-state index contributed by atoms with van der Waals surface area (Å²) < 4.78 is 1.64. The first-order valence-electron chi connectivity index (χ1n) is 7.58. The second-order valence-corrected chi connectivity index (χ2v) is 5.67. The number of aromatic nitrogens is 2. The minimum atomic E-state index is 0.0320. The molecule has 0 fully saturated rings. The summed E-state index contributed by atoms with van der Waals surface area (Å²) >= 11 is 0. The number of aryl methyl sites for hydroxylation is 2. The third-order valence-electron chi connectivity index (χ3n) is 3.91. The number of H-pyrrole nitrogens is 1. The molecule has 3 rings (SSSR count). The van der Waals surface area contributed by atoms with Crippen LogP contribution in [0.2, 0.25) is 0 Å². The van der Waals surface area contributed by atoms with E-state index in [2.05, 4.69) is 24.2 Å². The van der Waals surface area contributed by atoms with Gasteiger partial charge in [0.2, 0.25) is 0 Å². The van der Waals surface area contributed by atoms with Gasteiger partial charge in [-0.3, -0.25) is 9.89 Å². The Bertz CT molecular complexity index is 871. The van der Waals surface area contributed by atoms with E-state index in [1.165, 1.54) is 5.56 Å². The van der Waals surface area contributed by atoms with Crippen molar-refractivity contribution in [1.82, 2.24) is 9.78 Å². The molecule has 0 aliphatic rings. The molecule has 3 aromatic rings. The zero-order valence-electron chi connectivity index (χ0n) is 13.2. The van der Waals surface area contributed by atoms with E-state index >= 15 is 0 Å². The van der Waals surface area contributed by atoms with Crippen LogP contribution in [0.4, 0.5) is 0 Å². The Labute approximate surface area is 130 Å². The monoisotopic (exact) mass is 292 g/mol. The minimum absolute atomic E-state index is 0.0320. The molecule has 0 saturated heterocycles. The molecule has 0 unspecified atom stereocenters. The van der Waals surface area contributed by atoms with Crippen molar-refractivity contribution in [2.24, 2.45) is 0 Å². The molecule has 1 aromatic heterocycles. The molecule has 1 N–H and O–H groups in total. The summed E-state index contributed by atoms with van der Waals surface area (Å²) in [5.74, 6) is 0. The van der Waals surface area contributed by atoms with Gasteiger partial charge in [-0.25, -0.2) is 4.68 Å². The zero-order valence-corrected chi connectivity index (χ0v) is 13.2. The second kappa shape index (κ2) is 5.68. The van der Waals surface area contributed by atoms with Crippen LogP contribution in [0.3, 0.4) is 0 Å². The molecule has 0 aliphatic carbocycles. The summed E-state index contributed by atoms with van der Waals surface area (Å²) in [5.41, 5.74) is 6.02. The SMILES string of the molecule is CCc1c(-c2cccc(C)c2)[nH]n(-c2cccc(C)c2)c1=O. The van der Waals surface area contributed by atoms with E-state index in [0.717, 1.165) is 28.1 Å². The largest absolute Gasteiger partial charge is 0.290 e. The molecule has 0 amide bonds. The van der Waals surface area contributed by atoms with Gasteiger partial charge < -0.3 is 0 Å². The molecule has 1 heterocycles. The van der Waals surface area contributed by atoms with Crippen molar-refractivity contribution >= 4 is 0 Å². The van der Waals surface area contributed by atoms with Crippen molar-refractivity contribution in [2.75, 3.05) is 0 Å². The highest BCUT2D eigenvalue weighted by molar-refractivity contribution is 5.64. The van der Waals surface area contributed by atoms with Crippen LogP contribution in [0.25, 0.3) is 16.9 Å². The lowest BCUT2D eigenvalue weighted by Crippen LogP contribution is -2.16. The highest BCUT2D eigenvalue weighted by Crippen LogP contribution is 2.22. The van der Waals surface area contributed by atoms with E-state index in [9.17, 15) is 4.79 Å². The smallest absolute Gasteiger partial charge is 0.275 e. The van der Waals surface area contributed by atoms with Crippen LogP contribution >= 0.6 is 0 Å². The molecule has 2 aromatic carbocycles. The van der Waals surface area contributed by atoms with Crippen molar-refractivity contribution in [1.29, 1.82) is 0 Å². The number of nitrogens with one attached hydrogen (secondary N) is 1. The van der Waals surface area contributed by atoms with Crippen LogP contribution < -0.4 is 5.56 Å². The van der Waals surface area contributed by atoms with Crippen LogP contribution in [0.1, 0.15) is 23.6 Å². The first-order chi connectivity index (χ1) is 10.6. The lowest BCUT2D eigenvalue weighted by atomic mass is 10.0. The van der Waals surface area contributed by atoms with Gasteiger partial charge in [-0.2, -0.15) is 0 Å². The maximum absolute atomic E-state index is 12.7. The fourth-order valence-electron chi connectivity index (χ4n) is 2.79. The average molecular weight is 292 g/mol. The third-order valence-corrected chi connectivity index (χ3v) is 3.91. The molecule has 0 spiro atoms. The molecule has 0 radical (unpaired) electrons. The van der Waals surface area contributed by atoms with Crippen molar-refractivity contribution < 1.29 is 0 Å². The molecular formula is C19H20N2O. The Balaban J connectivity index is 2.21. The van der Waals surface area contributed by atoms with Gasteiger partial charge in [-0.05, 0) is 44.0 Å². The Hall–Kier alpha value is -2.55. The van der Waals surface area contributed by atoms with E-state index in [1.807, 2.05) is 50.2 Å². The van der Waals surface area contributed by atoms with Crippen LogP contribution in [0.15, 0.2) is 53.3 Å². The number of rotatable bonds is 3. The molecule has 0 bridgehead atoms. The van der Waals surface area contributed by atoms with Crippen molar-refractivity contribution in [3.63, 3.8) is 0 Å². The van der Waals surface area contributed by atoms with E-state index < -0.39 is 0 Å². The fourth-order valence-corrected chi connectivity index (χ4v) is 2.79. The second-order valence-electron chi connectivity index (χ2n) is 5.67. The van der Waals surface area contributed by atoms with Crippen LogP contribution in [0, 0.1) is 13.8 Å². The Morgan fingerprint density at radius 1 is 1.00 bits per heavy atom. The summed E-state index contributed by atoms with van der Waals surface area (Å²) in [6, 6.07) is 16.2. The van der Waals surface area contributed by atoms with Crippen molar-refractivity contribution in [2.45, 2.75) is 27.2 Å². The van der Waals surface area contributed by atoms with Gasteiger partial charge in [0.05, 0.1) is 11.4 Å². The molecule has 0 aliphatic heterocycles. The van der Waals surface area contributed by atoms with Crippen LogP contribution in [-0.2, 0) is 6.42 Å². The highest BCUT2D eigenvalue weighted by atomic mass is 16.1. The molecular weight excluding hydrogens is 272 g/mol. The number of benzene rings is 2. The summed E-state index contributed by atoms with van der Waals surface area (Å²) in [6.45, 7) is 6.11. The number of hydrogen-bond donors (Lipinski definition) is 1. The van der Waals surface area contributed by atoms with E-state index in [1.54, 1.807) is 4.68 Å². The number of aromatic amines is 1. The van der Waals surface area contributed by atoms with E-state index in [-0.39, 0.29) is 5.56 Å². The summed E-state index contributed by atoms with van der Waals surface area (Å²) in [6.07, 6.45) is 0.706. The van der Waals surface area contributed by atoms with Gasteiger partial charge in [-0.1, -0.05) is 42.8 Å². The lowest BCUT2D eigenvalue weighted by molar-refractivity contribution is 0.847. The van der Waals surface area contributed by atoms with Gasteiger partial charge in [-0.15, -0.1) is 0 Å². The molecule has 22 heavy (non-hydrogen) atoms. The standard InChI is InChI=1S/C19H20N2O/c1-4-17-18(15-9-5-7-13(2)11-15)20-21(19(17)22)16-10-6-8-14(3)12-16/h5-12,20H,4H2,1-3H3. The van der Waals surface area contributed by atoms with Crippen LogP contribution in [-0.4, -0.2) is 9.78 Å². The Kier molecular flexibility index (Phi) is 3.72. The van der Waals surface area contributed by atoms with Crippen molar-refractivity contribution in [3.05, 3.63) is 75.6 Å². The van der Waals surface area contributed by atoms with Gasteiger partial charge in [0.25, 0.3) is 5.56 Å². The van der Waals surface area contributed by atoms with Gasteiger partial charge in [0.1, 0.15) is 0 Å². The predicted molar refractivity (Wildman–Crippen MR) is 90.7 cm³/mol. The maximum atomic E-state index is 12.7. The van der Waals surface area contributed by atoms with Gasteiger partial charge in [0.15, 0.2) is 0 Å². The summed E-state index contributed by atoms with van der Waals surface area (Å²) in [5, 5.41) is 3.29. The topological polar surface area (TPSA) is 37.8 Å². The molecule has 3 nitrogen and oxygen atoms in total. The predicted octanol–water partition coefficient (Wildman–Crippen LogP) is 4.01.